The molecule has 0 aliphatic carbocycles. The summed E-state index contributed by atoms with van der Waals surface area (Å²) in [6, 6.07) is 7.70. The molecule has 0 aromatic heterocycles. The van der Waals surface area contributed by atoms with Crippen LogP contribution in [0.15, 0.2) is 42.5 Å². The van der Waals surface area contributed by atoms with E-state index in [0.29, 0.717) is 0 Å². The van der Waals surface area contributed by atoms with E-state index in [1.807, 2.05) is 0 Å². The second-order valence-corrected chi connectivity index (χ2v) is 3.74. The SMILES string of the molecule is Oc1ccc(-c2cccc(C(F)(F)F)c2)c(F)c1. The highest BCUT2D eigenvalue weighted by Gasteiger charge is 2.30. The van der Waals surface area contributed by atoms with Crippen LogP contribution in [0.3, 0.4) is 0 Å². The van der Waals surface area contributed by atoms with Gasteiger partial charge in [-0.25, -0.2) is 4.39 Å². The normalized spacial score (nSPS) is 11.6. The van der Waals surface area contributed by atoms with E-state index in [9.17, 15) is 17.6 Å². The minimum Gasteiger partial charge on any atom is -0.508 e. The number of hydrogen-bond acceptors (Lipinski definition) is 1. The van der Waals surface area contributed by atoms with Crippen LogP contribution >= 0.6 is 0 Å². The molecule has 0 amide bonds. The highest BCUT2D eigenvalue weighted by molar-refractivity contribution is 5.65. The summed E-state index contributed by atoms with van der Waals surface area (Å²) in [5.41, 5.74) is -0.714. The van der Waals surface area contributed by atoms with Gasteiger partial charge in [-0.05, 0) is 29.8 Å². The van der Waals surface area contributed by atoms with Gasteiger partial charge >= 0.3 is 6.18 Å². The molecule has 5 heteroatoms. The molecule has 0 bridgehead atoms. The molecule has 0 heterocycles. The average Bonchev–Trinajstić information content (AvgIpc) is 2.28. The smallest absolute Gasteiger partial charge is 0.416 e. The van der Waals surface area contributed by atoms with E-state index in [1.54, 1.807) is 0 Å². The standard InChI is InChI=1S/C13H8F4O/c14-12-7-10(18)4-5-11(12)8-2-1-3-9(6-8)13(15,16)17/h1-7,18H. The van der Waals surface area contributed by atoms with Gasteiger partial charge in [-0.1, -0.05) is 12.1 Å². The quantitative estimate of drug-likeness (QED) is 0.757. The second kappa shape index (κ2) is 4.33. The van der Waals surface area contributed by atoms with Gasteiger partial charge in [0.25, 0.3) is 0 Å². The van der Waals surface area contributed by atoms with Crippen molar-refractivity contribution in [3.05, 3.63) is 53.8 Å². The number of aromatic hydroxyl groups is 1. The fourth-order valence-electron chi connectivity index (χ4n) is 1.60. The van der Waals surface area contributed by atoms with Crippen molar-refractivity contribution in [2.75, 3.05) is 0 Å². The molecule has 1 N–H and O–H groups in total. The Morgan fingerprint density at radius 2 is 1.67 bits per heavy atom. The van der Waals surface area contributed by atoms with Gasteiger partial charge in [0, 0.05) is 11.6 Å². The lowest BCUT2D eigenvalue weighted by molar-refractivity contribution is -0.137. The number of benzene rings is 2. The molecule has 0 fully saturated rings. The van der Waals surface area contributed by atoms with Gasteiger partial charge < -0.3 is 5.11 Å². The summed E-state index contributed by atoms with van der Waals surface area (Å²) < 4.78 is 51.1. The third-order valence-electron chi connectivity index (χ3n) is 2.45. The summed E-state index contributed by atoms with van der Waals surface area (Å²) >= 11 is 0. The summed E-state index contributed by atoms with van der Waals surface area (Å²) in [4.78, 5) is 0. The lowest BCUT2D eigenvalue weighted by Crippen LogP contribution is -2.04. The predicted molar refractivity (Wildman–Crippen MR) is 58.5 cm³/mol. The van der Waals surface area contributed by atoms with Crippen molar-refractivity contribution >= 4 is 0 Å². The molecule has 0 atom stereocenters. The third-order valence-corrected chi connectivity index (χ3v) is 2.45. The van der Waals surface area contributed by atoms with Crippen molar-refractivity contribution in [3.8, 4) is 16.9 Å². The Kier molecular flexibility index (Phi) is 2.98. The van der Waals surface area contributed by atoms with Gasteiger partial charge in [-0.2, -0.15) is 13.2 Å². The summed E-state index contributed by atoms with van der Waals surface area (Å²) in [5, 5.41) is 9.05. The van der Waals surface area contributed by atoms with E-state index >= 15 is 0 Å². The fourth-order valence-corrected chi connectivity index (χ4v) is 1.60. The highest BCUT2D eigenvalue weighted by atomic mass is 19.4. The molecule has 2 aromatic carbocycles. The van der Waals surface area contributed by atoms with E-state index in [0.717, 1.165) is 18.2 Å². The van der Waals surface area contributed by atoms with Gasteiger partial charge in [0.15, 0.2) is 0 Å². The zero-order valence-electron chi connectivity index (χ0n) is 9.00. The maximum Gasteiger partial charge on any atom is 0.416 e. The lowest BCUT2D eigenvalue weighted by Gasteiger charge is -2.09. The molecular formula is C13H8F4O. The van der Waals surface area contributed by atoms with E-state index in [4.69, 9.17) is 5.11 Å². The van der Waals surface area contributed by atoms with Crippen molar-refractivity contribution in [2.24, 2.45) is 0 Å². The second-order valence-electron chi connectivity index (χ2n) is 3.74. The van der Waals surface area contributed by atoms with Crippen LogP contribution in [0.25, 0.3) is 11.1 Å². The van der Waals surface area contributed by atoms with Gasteiger partial charge in [0.05, 0.1) is 5.56 Å². The first-order valence-corrected chi connectivity index (χ1v) is 5.04. The zero-order chi connectivity index (χ0) is 13.3. The zero-order valence-corrected chi connectivity index (χ0v) is 9.00. The average molecular weight is 256 g/mol. The Morgan fingerprint density at radius 1 is 0.944 bits per heavy atom. The monoisotopic (exact) mass is 256 g/mol. The maximum absolute atomic E-state index is 13.5. The van der Waals surface area contributed by atoms with Gasteiger partial charge in [-0.3, -0.25) is 0 Å². The number of rotatable bonds is 1. The van der Waals surface area contributed by atoms with E-state index in [2.05, 4.69) is 0 Å². The molecule has 0 unspecified atom stereocenters. The van der Waals surface area contributed by atoms with Crippen LogP contribution in [0.5, 0.6) is 5.75 Å². The van der Waals surface area contributed by atoms with E-state index in [-0.39, 0.29) is 16.9 Å². The maximum atomic E-state index is 13.5. The topological polar surface area (TPSA) is 20.2 Å². The molecule has 0 aliphatic rings. The first-order valence-electron chi connectivity index (χ1n) is 5.04. The predicted octanol–water partition coefficient (Wildman–Crippen LogP) is 4.22. The molecule has 94 valence electrons. The fraction of sp³-hybridized carbons (Fsp3) is 0.0769. The van der Waals surface area contributed by atoms with Crippen molar-refractivity contribution in [2.45, 2.75) is 6.18 Å². The van der Waals surface area contributed by atoms with Crippen LogP contribution in [-0.2, 0) is 6.18 Å². The molecule has 0 spiro atoms. The Labute approximate surface area is 100 Å². The van der Waals surface area contributed by atoms with Crippen molar-refractivity contribution in [1.82, 2.24) is 0 Å². The number of halogens is 4. The van der Waals surface area contributed by atoms with Crippen LogP contribution in [0.4, 0.5) is 17.6 Å². The van der Waals surface area contributed by atoms with Crippen LogP contribution < -0.4 is 0 Å². The summed E-state index contributed by atoms with van der Waals surface area (Å²) in [7, 11) is 0. The lowest BCUT2D eigenvalue weighted by atomic mass is 10.0. The minimum absolute atomic E-state index is 0.0129. The molecular weight excluding hydrogens is 248 g/mol. The Balaban J connectivity index is 2.51. The van der Waals surface area contributed by atoms with E-state index < -0.39 is 17.6 Å². The molecule has 0 aliphatic heterocycles. The van der Waals surface area contributed by atoms with Gasteiger partial charge in [0.2, 0.25) is 0 Å². The molecule has 0 radical (unpaired) electrons. The first-order chi connectivity index (χ1) is 8.38. The number of hydrogen-bond donors (Lipinski definition) is 1. The largest absolute Gasteiger partial charge is 0.508 e. The van der Waals surface area contributed by atoms with Crippen molar-refractivity contribution in [3.63, 3.8) is 0 Å². The first kappa shape index (κ1) is 12.4. The van der Waals surface area contributed by atoms with Gasteiger partial charge in [-0.15, -0.1) is 0 Å². The van der Waals surface area contributed by atoms with Crippen LogP contribution in [-0.4, -0.2) is 5.11 Å². The van der Waals surface area contributed by atoms with Crippen LogP contribution in [0.1, 0.15) is 5.56 Å². The summed E-state index contributed by atoms with van der Waals surface area (Å²) in [5.74, 6) is -1.04. The number of phenols is 1. The van der Waals surface area contributed by atoms with Crippen molar-refractivity contribution in [1.29, 1.82) is 0 Å². The molecule has 0 saturated heterocycles. The molecule has 1 nitrogen and oxygen atoms in total. The summed E-state index contributed by atoms with van der Waals surface area (Å²) in [6.45, 7) is 0. The van der Waals surface area contributed by atoms with Crippen LogP contribution in [0, 0.1) is 5.82 Å². The number of phenolic OH excluding ortho intramolecular Hbond substituents is 1. The minimum atomic E-state index is -4.47. The Morgan fingerprint density at radius 3 is 2.28 bits per heavy atom. The molecule has 0 saturated carbocycles. The molecule has 2 rings (SSSR count). The van der Waals surface area contributed by atoms with Crippen LogP contribution in [0.2, 0.25) is 0 Å². The molecule has 18 heavy (non-hydrogen) atoms. The Bertz CT molecular complexity index is 575. The summed E-state index contributed by atoms with van der Waals surface area (Å²) in [6.07, 6.45) is -4.47. The number of alkyl halides is 3. The highest BCUT2D eigenvalue weighted by Crippen LogP contribution is 2.33. The Hall–Kier alpha value is -2.04. The van der Waals surface area contributed by atoms with Crippen molar-refractivity contribution < 1.29 is 22.7 Å². The van der Waals surface area contributed by atoms with Gasteiger partial charge in [0.1, 0.15) is 11.6 Å². The molecule has 2 aromatic rings. The van der Waals surface area contributed by atoms with E-state index in [1.165, 1.54) is 24.3 Å². The third kappa shape index (κ3) is 2.45.